The lowest BCUT2D eigenvalue weighted by Gasteiger charge is -2.05. The van der Waals surface area contributed by atoms with Crippen LogP contribution in [-0.2, 0) is 6.42 Å². The fourth-order valence-corrected chi connectivity index (χ4v) is 2.60. The van der Waals surface area contributed by atoms with Gasteiger partial charge >= 0.3 is 0 Å². The molecule has 0 saturated carbocycles. The molecule has 18 heavy (non-hydrogen) atoms. The average molecular weight is 279 g/mol. The van der Waals surface area contributed by atoms with Gasteiger partial charge in [0.1, 0.15) is 4.99 Å². The van der Waals surface area contributed by atoms with Crippen molar-refractivity contribution >= 4 is 39.5 Å². The van der Waals surface area contributed by atoms with Gasteiger partial charge in [-0.3, -0.25) is 0 Å². The number of hydrogen-bond donors (Lipinski definition) is 2. The minimum Gasteiger partial charge on any atom is -0.389 e. The fourth-order valence-electron chi connectivity index (χ4n) is 1.53. The quantitative estimate of drug-likeness (QED) is 0.835. The summed E-state index contributed by atoms with van der Waals surface area (Å²) in [4.78, 5) is 5.96. The number of nitrogens with one attached hydrogen (secondary N) is 1. The topological polar surface area (TPSA) is 76.7 Å². The first-order chi connectivity index (χ1) is 8.61. The molecular formula is C11H13N5S2. The lowest BCUT2D eigenvalue weighted by molar-refractivity contribution is 1.02. The molecule has 2 aromatic rings. The van der Waals surface area contributed by atoms with E-state index in [1.807, 2.05) is 6.92 Å². The molecule has 0 amide bonds. The number of anilines is 2. The minimum atomic E-state index is 0.288. The summed E-state index contributed by atoms with van der Waals surface area (Å²) in [5.41, 5.74) is 7.39. The maximum absolute atomic E-state index is 5.64. The zero-order valence-corrected chi connectivity index (χ0v) is 11.7. The third-order valence-corrected chi connectivity index (χ3v) is 3.59. The highest BCUT2D eigenvalue weighted by Gasteiger charge is 2.11. The molecule has 3 N–H and O–H groups in total. The smallest absolute Gasteiger partial charge is 0.188 e. The minimum absolute atomic E-state index is 0.288. The lowest BCUT2D eigenvalue weighted by Crippen LogP contribution is -2.13. The van der Waals surface area contributed by atoms with E-state index in [-0.39, 0.29) is 4.99 Å². The molecule has 0 bridgehead atoms. The normalized spacial score (nSPS) is 10.3. The molecule has 0 aromatic carbocycles. The van der Waals surface area contributed by atoms with Gasteiger partial charge in [0.05, 0.1) is 17.5 Å². The molecule has 0 saturated heterocycles. The highest BCUT2D eigenvalue weighted by molar-refractivity contribution is 7.80. The predicted molar refractivity (Wildman–Crippen MR) is 77.4 cm³/mol. The van der Waals surface area contributed by atoms with Gasteiger partial charge in [-0.2, -0.15) is 5.10 Å². The van der Waals surface area contributed by atoms with Crippen molar-refractivity contribution in [3.63, 3.8) is 0 Å². The highest BCUT2D eigenvalue weighted by Crippen LogP contribution is 2.25. The number of aryl methyl sites for hydroxylation is 2. The summed E-state index contributed by atoms with van der Waals surface area (Å²) in [7, 11) is 0. The molecule has 2 rings (SSSR count). The zero-order valence-electron chi connectivity index (χ0n) is 10.1. The summed E-state index contributed by atoms with van der Waals surface area (Å²) >= 11 is 6.55. The maximum Gasteiger partial charge on any atom is 0.188 e. The first-order valence-electron chi connectivity index (χ1n) is 5.46. The zero-order chi connectivity index (χ0) is 13.1. The van der Waals surface area contributed by atoms with Crippen LogP contribution in [0.15, 0.2) is 12.3 Å². The van der Waals surface area contributed by atoms with E-state index in [0.717, 1.165) is 17.2 Å². The van der Waals surface area contributed by atoms with Gasteiger partial charge in [-0.1, -0.05) is 19.1 Å². The van der Waals surface area contributed by atoms with Gasteiger partial charge in [0.2, 0.25) is 0 Å². The van der Waals surface area contributed by atoms with Crippen LogP contribution in [-0.4, -0.2) is 20.2 Å². The summed E-state index contributed by atoms with van der Waals surface area (Å²) in [5.74, 6) is 0.543. The fraction of sp³-hybridized carbons (Fsp3) is 0.273. The van der Waals surface area contributed by atoms with Crippen LogP contribution in [0.1, 0.15) is 23.1 Å². The molecule has 0 fully saturated rings. The Kier molecular flexibility index (Phi) is 3.83. The Labute approximate surface area is 114 Å². The van der Waals surface area contributed by atoms with Crippen LogP contribution in [0.4, 0.5) is 10.9 Å². The second kappa shape index (κ2) is 5.36. The van der Waals surface area contributed by atoms with Crippen molar-refractivity contribution in [2.75, 3.05) is 5.32 Å². The summed E-state index contributed by atoms with van der Waals surface area (Å²) in [6, 6.07) is 1.73. The molecule has 0 aliphatic rings. The number of thiazole rings is 1. The van der Waals surface area contributed by atoms with Crippen molar-refractivity contribution in [2.24, 2.45) is 5.73 Å². The van der Waals surface area contributed by atoms with E-state index in [9.17, 15) is 0 Å². The molecule has 7 heteroatoms. The molecule has 0 atom stereocenters. The van der Waals surface area contributed by atoms with E-state index >= 15 is 0 Å². The molecule has 2 heterocycles. The van der Waals surface area contributed by atoms with E-state index in [1.54, 1.807) is 23.6 Å². The Morgan fingerprint density at radius 1 is 1.56 bits per heavy atom. The molecule has 5 nitrogen and oxygen atoms in total. The number of nitrogens with two attached hydrogens (primary N) is 1. The largest absolute Gasteiger partial charge is 0.389 e. The van der Waals surface area contributed by atoms with Gasteiger partial charge in [0, 0.05) is 4.88 Å². The van der Waals surface area contributed by atoms with Crippen molar-refractivity contribution < 1.29 is 0 Å². The Balaban J connectivity index is 2.31. The molecule has 0 unspecified atom stereocenters. The number of aromatic nitrogens is 3. The number of thiocarbonyl (C=S) groups is 1. The Bertz CT molecular complexity index is 579. The van der Waals surface area contributed by atoms with E-state index in [0.29, 0.717) is 11.4 Å². The van der Waals surface area contributed by atoms with E-state index in [4.69, 9.17) is 18.0 Å². The second-order valence-electron chi connectivity index (χ2n) is 3.66. The van der Waals surface area contributed by atoms with Gasteiger partial charge in [-0.25, -0.2) is 4.98 Å². The van der Waals surface area contributed by atoms with Crippen molar-refractivity contribution in [1.29, 1.82) is 0 Å². The van der Waals surface area contributed by atoms with Crippen LogP contribution in [0.25, 0.3) is 0 Å². The molecule has 0 spiro atoms. The Hall–Kier alpha value is -1.60. The molecule has 94 valence electrons. The summed E-state index contributed by atoms with van der Waals surface area (Å²) in [6.45, 7) is 4.13. The SMILES string of the molecule is CCc1nc(Nc2nnccc2C(N)=S)sc1C. The molecule has 2 aromatic heterocycles. The highest BCUT2D eigenvalue weighted by atomic mass is 32.1. The van der Waals surface area contributed by atoms with Crippen molar-refractivity contribution in [2.45, 2.75) is 20.3 Å². The van der Waals surface area contributed by atoms with Crippen molar-refractivity contribution in [1.82, 2.24) is 15.2 Å². The van der Waals surface area contributed by atoms with Crippen LogP contribution < -0.4 is 11.1 Å². The van der Waals surface area contributed by atoms with Crippen LogP contribution in [0.2, 0.25) is 0 Å². The van der Waals surface area contributed by atoms with Crippen LogP contribution in [0.5, 0.6) is 0 Å². The average Bonchev–Trinajstić information content (AvgIpc) is 2.70. The second-order valence-corrected chi connectivity index (χ2v) is 5.30. The molecular weight excluding hydrogens is 266 g/mol. The van der Waals surface area contributed by atoms with Gasteiger partial charge in [0.25, 0.3) is 0 Å². The standard InChI is InChI=1S/C11H13N5S2/c1-3-8-6(2)18-11(14-8)15-10-7(9(12)17)4-5-13-16-10/h4-5H,3H2,1-2H3,(H2,12,17)(H,14,15,16). The van der Waals surface area contributed by atoms with Gasteiger partial charge in [0.15, 0.2) is 10.9 Å². The van der Waals surface area contributed by atoms with Crippen LogP contribution >= 0.6 is 23.6 Å². The molecule has 0 aliphatic heterocycles. The van der Waals surface area contributed by atoms with E-state index in [2.05, 4.69) is 27.4 Å². The Morgan fingerprint density at radius 2 is 2.33 bits per heavy atom. The van der Waals surface area contributed by atoms with Crippen LogP contribution in [0.3, 0.4) is 0 Å². The van der Waals surface area contributed by atoms with E-state index in [1.165, 1.54) is 4.88 Å². The Morgan fingerprint density at radius 3 is 2.94 bits per heavy atom. The predicted octanol–water partition coefficient (Wildman–Crippen LogP) is 2.18. The summed E-state index contributed by atoms with van der Waals surface area (Å²) in [5, 5.41) is 11.7. The van der Waals surface area contributed by atoms with Gasteiger partial charge in [-0.05, 0) is 19.4 Å². The first kappa shape index (κ1) is 12.8. The van der Waals surface area contributed by atoms with Crippen molar-refractivity contribution in [3.05, 3.63) is 28.4 Å². The van der Waals surface area contributed by atoms with Gasteiger partial charge < -0.3 is 11.1 Å². The van der Waals surface area contributed by atoms with Crippen molar-refractivity contribution in [3.8, 4) is 0 Å². The first-order valence-corrected chi connectivity index (χ1v) is 6.69. The summed E-state index contributed by atoms with van der Waals surface area (Å²) in [6.07, 6.45) is 2.47. The number of nitrogens with zero attached hydrogens (tertiary/aromatic N) is 3. The maximum atomic E-state index is 5.64. The molecule has 0 aliphatic carbocycles. The third-order valence-electron chi connectivity index (χ3n) is 2.44. The number of hydrogen-bond acceptors (Lipinski definition) is 6. The monoisotopic (exact) mass is 279 g/mol. The van der Waals surface area contributed by atoms with E-state index < -0.39 is 0 Å². The number of rotatable bonds is 4. The van der Waals surface area contributed by atoms with Gasteiger partial charge in [-0.15, -0.1) is 16.4 Å². The summed E-state index contributed by atoms with van der Waals surface area (Å²) < 4.78 is 0. The molecule has 0 radical (unpaired) electrons. The lowest BCUT2D eigenvalue weighted by atomic mass is 10.3. The van der Waals surface area contributed by atoms with Crippen LogP contribution in [0, 0.1) is 6.92 Å². The third kappa shape index (κ3) is 2.62.